The second-order valence-corrected chi connectivity index (χ2v) is 5.30. The average Bonchev–Trinajstić information content (AvgIpc) is 2.48. The second kappa shape index (κ2) is 6.62. The Bertz CT molecular complexity index is 692. The summed E-state index contributed by atoms with van der Waals surface area (Å²) in [5.41, 5.74) is 3.24. The lowest BCUT2D eigenvalue weighted by atomic mass is 10.0. The zero-order valence-corrected chi connectivity index (χ0v) is 12.7. The predicted molar refractivity (Wildman–Crippen MR) is 82.3 cm³/mol. The molecule has 0 bridgehead atoms. The predicted octanol–water partition coefficient (Wildman–Crippen LogP) is 4.09. The highest BCUT2D eigenvalue weighted by Crippen LogP contribution is 2.27. The number of nitrogens with zero attached hydrogens (tertiary/aromatic N) is 1. The minimum Gasteiger partial charge on any atom is -0.489 e. The Labute approximate surface area is 129 Å². The van der Waals surface area contributed by atoms with E-state index in [0.717, 1.165) is 16.9 Å². The number of aliphatic hydroxyl groups excluding tert-OH is 1. The molecular weight excluding hydrogens is 286 g/mol. The maximum Gasteiger partial charge on any atom is 0.166 e. The molecule has 108 valence electrons. The number of aryl methyl sites for hydroxylation is 2. The van der Waals surface area contributed by atoms with E-state index in [4.69, 9.17) is 21.6 Å². The van der Waals surface area contributed by atoms with Crippen LogP contribution in [0.5, 0.6) is 5.75 Å². The van der Waals surface area contributed by atoms with Crippen molar-refractivity contribution in [3.05, 3.63) is 63.7 Å². The first-order valence-corrected chi connectivity index (χ1v) is 6.95. The van der Waals surface area contributed by atoms with Crippen LogP contribution in [-0.2, 0) is 6.61 Å². The fourth-order valence-electron chi connectivity index (χ4n) is 2.07. The Morgan fingerprint density at radius 1 is 1.29 bits per heavy atom. The lowest BCUT2D eigenvalue weighted by molar-refractivity contribution is 0.229. The summed E-state index contributed by atoms with van der Waals surface area (Å²) >= 11 is 6.17. The van der Waals surface area contributed by atoms with Crippen molar-refractivity contribution < 1.29 is 9.84 Å². The molecule has 0 aromatic heterocycles. The first kappa shape index (κ1) is 15.4. The van der Waals surface area contributed by atoms with Gasteiger partial charge in [-0.1, -0.05) is 35.9 Å². The topological polar surface area (TPSA) is 53.2 Å². The average molecular weight is 302 g/mol. The molecule has 2 aromatic rings. The van der Waals surface area contributed by atoms with E-state index < -0.39 is 6.10 Å². The number of benzene rings is 2. The third-order valence-electron chi connectivity index (χ3n) is 3.29. The molecule has 1 N–H and O–H groups in total. The summed E-state index contributed by atoms with van der Waals surface area (Å²) in [6, 6.07) is 12.9. The number of nitriles is 1. The molecule has 4 heteroatoms. The smallest absolute Gasteiger partial charge is 0.166 e. The van der Waals surface area contributed by atoms with Crippen LogP contribution in [0.4, 0.5) is 0 Å². The monoisotopic (exact) mass is 301 g/mol. The fraction of sp³-hybridized carbons (Fsp3) is 0.235. The summed E-state index contributed by atoms with van der Waals surface area (Å²) < 4.78 is 5.81. The molecule has 0 amide bonds. The van der Waals surface area contributed by atoms with Gasteiger partial charge in [-0.15, -0.1) is 0 Å². The highest BCUT2D eigenvalue weighted by atomic mass is 35.5. The van der Waals surface area contributed by atoms with Gasteiger partial charge in [-0.2, -0.15) is 5.26 Å². The van der Waals surface area contributed by atoms with Crippen molar-refractivity contribution >= 4 is 11.6 Å². The Balaban J connectivity index is 2.28. The van der Waals surface area contributed by atoms with Crippen LogP contribution >= 0.6 is 11.6 Å². The molecule has 0 fully saturated rings. The number of hydrogen-bond acceptors (Lipinski definition) is 3. The Hall–Kier alpha value is -2.02. The molecule has 0 unspecified atom stereocenters. The van der Waals surface area contributed by atoms with Gasteiger partial charge in [-0.05, 0) is 37.1 Å². The van der Waals surface area contributed by atoms with Gasteiger partial charge in [0.1, 0.15) is 12.4 Å². The molecule has 0 radical (unpaired) electrons. The van der Waals surface area contributed by atoms with Crippen LogP contribution < -0.4 is 4.74 Å². The minimum atomic E-state index is -1.21. The van der Waals surface area contributed by atoms with Crippen LogP contribution in [0.15, 0.2) is 36.4 Å². The summed E-state index contributed by atoms with van der Waals surface area (Å²) in [7, 11) is 0. The van der Waals surface area contributed by atoms with Gasteiger partial charge in [0.05, 0.1) is 6.07 Å². The van der Waals surface area contributed by atoms with Crippen molar-refractivity contribution in [2.45, 2.75) is 26.6 Å². The van der Waals surface area contributed by atoms with Gasteiger partial charge >= 0.3 is 0 Å². The lowest BCUT2D eigenvalue weighted by Crippen LogP contribution is -2.05. The first-order chi connectivity index (χ1) is 10.0. The summed E-state index contributed by atoms with van der Waals surface area (Å²) in [5.74, 6) is 0.771. The van der Waals surface area contributed by atoms with Gasteiger partial charge < -0.3 is 9.84 Å². The second-order valence-electron chi connectivity index (χ2n) is 4.90. The van der Waals surface area contributed by atoms with Crippen molar-refractivity contribution in [1.82, 2.24) is 0 Å². The quantitative estimate of drug-likeness (QED) is 0.865. The summed E-state index contributed by atoms with van der Waals surface area (Å²) in [6.07, 6.45) is -1.21. The summed E-state index contributed by atoms with van der Waals surface area (Å²) in [6.45, 7) is 4.16. The van der Waals surface area contributed by atoms with Gasteiger partial charge in [-0.3, -0.25) is 0 Å². The van der Waals surface area contributed by atoms with Gasteiger partial charge in [0.25, 0.3) is 0 Å². The third kappa shape index (κ3) is 3.55. The molecule has 0 saturated heterocycles. The lowest BCUT2D eigenvalue weighted by Gasteiger charge is -2.15. The van der Waals surface area contributed by atoms with Gasteiger partial charge in [0.2, 0.25) is 0 Å². The van der Waals surface area contributed by atoms with E-state index in [1.807, 2.05) is 38.1 Å². The van der Waals surface area contributed by atoms with Crippen LogP contribution in [0.1, 0.15) is 28.4 Å². The van der Waals surface area contributed by atoms with Gasteiger partial charge in [0, 0.05) is 16.1 Å². The molecule has 0 spiro atoms. The number of rotatable bonds is 4. The SMILES string of the molecule is Cc1ccc(C)c(OCc2c(Cl)cccc2[C@@H](O)C#N)c1. The summed E-state index contributed by atoms with van der Waals surface area (Å²) in [4.78, 5) is 0. The van der Waals surface area contributed by atoms with Crippen molar-refractivity contribution in [3.8, 4) is 11.8 Å². The van der Waals surface area contributed by atoms with Crippen LogP contribution in [0, 0.1) is 25.2 Å². The van der Waals surface area contributed by atoms with Crippen molar-refractivity contribution in [2.75, 3.05) is 0 Å². The van der Waals surface area contributed by atoms with Crippen molar-refractivity contribution in [3.63, 3.8) is 0 Å². The molecule has 0 saturated carbocycles. The molecule has 0 heterocycles. The molecular formula is C17H16ClNO2. The molecule has 0 aliphatic heterocycles. The number of aliphatic hydroxyl groups is 1. The number of halogens is 1. The zero-order chi connectivity index (χ0) is 15.4. The maximum atomic E-state index is 9.76. The molecule has 3 nitrogen and oxygen atoms in total. The zero-order valence-electron chi connectivity index (χ0n) is 11.9. The van der Waals surface area contributed by atoms with E-state index in [0.29, 0.717) is 16.1 Å². The Morgan fingerprint density at radius 3 is 2.76 bits per heavy atom. The van der Waals surface area contributed by atoms with E-state index in [9.17, 15) is 5.11 Å². The van der Waals surface area contributed by atoms with E-state index >= 15 is 0 Å². The molecule has 21 heavy (non-hydrogen) atoms. The highest BCUT2D eigenvalue weighted by Gasteiger charge is 2.15. The van der Waals surface area contributed by atoms with Crippen LogP contribution in [-0.4, -0.2) is 5.11 Å². The molecule has 2 rings (SSSR count). The van der Waals surface area contributed by atoms with Crippen molar-refractivity contribution in [1.29, 1.82) is 5.26 Å². The largest absolute Gasteiger partial charge is 0.489 e. The molecule has 0 aliphatic carbocycles. The van der Waals surface area contributed by atoms with Crippen LogP contribution in [0.2, 0.25) is 5.02 Å². The van der Waals surface area contributed by atoms with E-state index in [2.05, 4.69) is 0 Å². The van der Waals surface area contributed by atoms with Crippen molar-refractivity contribution in [2.24, 2.45) is 0 Å². The molecule has 0 aliphatic rings. The van der Waals surface area contributed by atoms with Crippen LogP contribution in [0.25, 0.3) is 0 Å². The minimum absolute atomic E-state index is 0.206. The standard InChI is InChI=1S/C17H16ClNO2/c1-11-6-7-12(2)17(8-11)21-10-14-13(16(20)9-19)4-3-5-15(14)18/h3-8,16,20H,10H2,1-2H3/t16-/m0/s1. The van der Waals surface area contributed by atoms with E-state index in [1.54, 1.807) is 18.2 Å². The normalized spacial score (nSPS) is 11.8. The highest BCUT2D eigenvalue weighted by molar-refractivity contribution is 6.31. The molecule has 1 atom stereocenters. The van der Waals surface area contributed by atoms with Crippen LogP contribution in [0.3, 0.4) is 0 Å². The Morgan fingerprint density at radius 2 is 2.05 bits per heavy atom. The maximum absolute atomic E-state index is 9.76. The Kier molecular flexibility index (Phi) is 4.85. The number of ether oxygens (including phenoxy) is 1. The first-order valence-electron chi connectivity index (χ1n) is 6.58. The molecule has 2 aromatic carbocycles. The third-order valence-corrected chi connectivity index (χ3v) is 3.64. The van der Waals surface area contributed by atoms with Gasteiger partial charge in [0.15, 0.2) is 6.10 Å². The number of hydrogen-bond donors (Lipinski definition) is 1. The summed E-state index contributed by atoms with van der Waals surface area (Å²) in [5, 5.41) is 19.1. The van der Waals surface area contributed by atoms with E-state index in [-0.39, 0.29) is 6.61 Å². The fourth-order valence-corrected chi connectivity index (χ4v) is 2.30. The van der Waals surface area contributed by atoms with Gasteiger partial charge in [-0.25, -0.2) is 0 Å². The van der Waals surface area contributed by atoms with E-state index in [1.165, 1.54) is 0 Å².